The number of carbonyl (C=O) groups is 1. The minimum atomic E-state index is -0.0633. The quantitative estimate of drug-likeness (QED) is 0.739. The van der Waals surface area contributed by atoms with E-state index in [1.807, 2.05) is 49.1 Å². The van der Waals surface area contributed by atoms with Crippen molar-refractivity contribution >= 4 is 27.5 Å². The van der Waals surface area contributed by atoms with Gasteiger partial charge in [-0.1, -0.05) is 18.2 Å². The van der Waals surface area contributed by atoms with Crippen molar-refractivity contribution in [2.75, 3.05) is 26.2 Å². The Labute approximate surface area is 167 Å². The Hall–Kier alpha value is -2.51. The summed E-state index contributed by atoms with van der Waals surface area (Å²) in [7, 11) is 0. The van der Waals surface area contributed by atoms with Gasteiger partial charge < -0.3 is 9.88 Å². The van der Waals surface area contributed by atoms with Crippen molar-refractivity contribution in [3.05, 3.63) is 62.5 Å². The molecule has 28 heavy (non-hydrogen) atoms. The first-order valence-electron chi connectivity index (χ1n) is 9.54. The predicted molar refractivity (Wildman–Crippen MR) is 112 cm³/mol. The van der Waals surface area contributed by atoms with Gasteiger partial charge >= 0.3 is 0 Å². The van der Waals surface area contributed by atoms with Crippen molar-refractivity contribution in [1.82, 2.24) is 19.8 Å². The number of piperazine rings is 1. The van der Waals surface area contributed by atoms with Crippen molar-refractivity contribution < 1.29 is 4.79 Å². The van der Waals surface area contributed by atoms with Gasteiger partial charge in [0.05, 0.1) is 11.4 Å². The highest BCUT2D eigenvalue weighted by molar-refractivity contribution is 7.18. The van der Waals surface area contributed by atoms with E-state index in [9.17, 15) is 9.59 Å². The number of nitrogens with zero attached hydrogens (tertiary/aromatic N) is 3. The van der Waals surface area contributed by atoms with Gasteiger partial charge in [0.1, 0.15) is 10.7 Å². The van der Waals surface area contributed by atoms with E-state index in [1.54, 1.807) is 11.3 Å². The van der Waals surface area contributed by atoms with Crippen LogP contribution in [0.1, 0.15) is 39.6 Å². The van der Waals surface area contributed by atoms with Gasteiger partial charge in [0, 0.05) is 36.6 Å². The van der Waals surface area contributed by atoms with Crippen LogP contribution in [-0.4, -0.2) is 51.9 Å². The molecule has 1 saturated heterocycles. The molecule has 1 aromatic carbocycles. The van der Waals surface area contributed by atoms with E-state index in [1.165, 1.54) is 0 Å². The van der Waals surface area contributed by atoms with Gasteiger partial charge in [0.15, 0.2) is 0 Å². The van der Waals surface area contributed by atoms with Gasteiger partial charge in [-0.05, 0) is 38.5 Å². The van der Waals surface area contributed by atoms with Crippen LogP contribution in [0.25, 0.3) is 10.2 Å². The van der Waals surface area contributed by atoms with Crippen LogP contribution in [0.3, 0.4) is 0 Å². The van der Waals surface area contributed by atoms with Crippen LogP contribution in [0.2, 0.25) is 0 Å². The molecule has 3 heterocycles. The fourth-order valence-corrected chi connectivity index (χ4v) is 4.75. The molecule has 7 heteroatoms. The van der Waals surface area contributed by atoms with E-state index < -0.39 is 0 Å². The van der Waals surface area contributed by atoms with Gasteiger partial charge in [-0.25, -0.2) is 4.98 Å². The fraction of sp³-hybridized carbons (Fsp3) is 0.381. The Morgan fingerprint density at radius 3 is 2.50 bits per heavy atom. The summed E-state index contributed by atoms with van der Waals surface area (Å²) in [6.45, 7) is 8.90. The van der Waals surface area contributed by atoms with Gasteiger partial charge in [-0.2, -0.15) is 0 Å². The minimum absolute atomic E-state index is 0.00575. The third-order valence-corrected chi connectivity index (χ3v) is 6.72. The zero-order valence-electron chi connectivity index (χ0n) is 16.4. The van der Waals surface area contributed by atoms with Crippen LogP contribution >= 0.6 is 11.3 Å². The molecule has 2 aromatic heterocycles. The molecule has 0 saturated carbocycles. The number of fused-ring (bicyclic) bond motifs is 1. The topological polar surface area (TPSA) is 69.3 Å². The number of thiophene rings is 1. The average molecular weight is 397 g/mol. The molecule has 0 spiro atoms. The molecule has 6 nitrogen and oxygen atoms in total. The summed E-state index contributed by atoms with van der Waals surface area (Å²) in [4.78, 5) is 39.0. The Morgan fingerprint density at radius 1 is 1.14 bits per heavy atom. The zero-order valence-corrected chi connectivity index (χ0v) is 17.2. The number of rotatable bonds is 3. The number of hydrogen-bond donors (Lipinski definition) is 1. The summed E-state index contributed by atoms with van der Waals surface area (Å²) in [6.07, 6.45) is 0. The lowest BCUT2D eigenvalue weighted by Crippen LogP contribution is -2.49. The molecule has 0 unspecified atom stereocenters. The van der Waals surface area contributed by atoms with Crippen LogP contribution < -0.4 is 5.56 Å². The lowest BCUT2D eigenvalue weighted by atomic mass is 10.1. The van der Waals surface area contributed by atoms with E-state index in [2.05, 4.69) is 16.8 Å². The zero-order chi connectivity index (χ0) is 19.8. The van der Waals surface area contributed by atoms with Crippen molar-refractivity contribution in [2.45, 2.75) is 26.8 Å². The third-order valence-electron chi connectivity index (χ3n) is 5.62. The third kappa shape index (κ3) is 3.36. The van der Waals surface area contributed by atoms with Crippen molar-refractivity contribution in [3.63, 3.8) is 0 Å². The molecule has 146 valence electrons. The maximum absolute atomic E-state index is 12.6. The van der Waals surface area contributed by atoms with Gasteiger partial charge in [-0.15, -0.1) is 11.3 Å². The van der Waals surface area contributed by atoms with E-state index in [-0.39, 0.29) is 17.5 Å². The molecule has 1 amide bonds. The van der Waals surface area contributed by atoms with E-state index in [0.29, 0.717) is 24.3 Å². The molecule has 4 rings (SSSR count). The fourth-order valence-electron chi connectivity index (χ4n) is 3.72. The molecule has 1 fully saturated rings. The van der Waals surface area contributed by atoms with Crippen molar-refractivity contribution in [1.29, 1.82) is 0 Å². The molecule has 0 radical (unpaired) electrons. The Balaban J connectivity index is 1.48. The Kier molecular flexibility index (Phi) is 5.03. The second-order valence-corrected chi connectivity index (χ2v) is 8.49. The van der Waals surface area contributed by atoms with E-state index in [4.69, 9.17) is 4.98 Å². The number of aryl methyl sites for hydroxylation is 2. The van der Waals surface area contributed by atoms with Crippen LogP contribution in [-0.2, 0) is 0 Å². The molecular formula is C21H24N4O2S. The molecule has 0 bridgehead atoms. The van der Waals surface area contributed by atoms with Crippen molar-refractivity contribution in [2.24, 2.45) is 0 Å². The molecule has 1 atom stereocenters. The van der Waals surface area contributed by atoms with Gasteiger partial charge in [0.2, 0.25) is 0 Å². The number of aromatic amines is 1. The smallest absolute Gasteiger partial charge is 0.259 e. The SMILES string of the molecule is Cc1sc2nc([C@H](C)N3CCN(C(=O)c4ccccc4)CC3)[nH]c(=O)c2c1C. The summed E-state index contributed by atoms with van der Waals surface area (Å²) >= 11 is 1.57. The normalized spacial score (nSPS) is 16.5. The maximum Gasteiger partial charge on any atom is 0.259 e. The molecule has 1 N–H and O–H groups in total. The first-order valence-corrected chi connectivity index (χ1v) is 10.4. The monoisotopic (exact) mass is 396 g/mol. The van der Waals surface area contributed by atoms with Crippen LogP contribution in [0.4, 0.5) is 0 Å². The predicted octanol–water partition coefficient (Wildman–Crippen LogP) is 3.12. The number of carbonyl (C=O) groups excluding carboxylic acids is 1. The molecule has 1 aliphatic heterocycles. The summed E-state index contributed by atoms with van der Waals surface area (Å²) in [6, 6.07) is 9.39. The largest absolute Gasteiger partial charge is 0.336 e. The first kappa shape index (κ1) is 18.8. The summed E-state index contributed by atoms with van der Waals surface area (Å²) in [5.74, 6) is 0.770. The van der Waals surface area contributed by atoms with Crippen molar-refractivity contribution in [3.8, 4) is 0 Å². The van der Waals surface area contributed by atoms with Crippen LogP contribution in [0.5, 0.6) is 0 Å². The number of aromatic nitrogens is 2. The Morgan fingerprint density at radius 2 is 1.82 bits per heavy atom. The number of nitrogens with one attached hydrogen (secondary N) is 1. The van der Waals surface area contributed by atoms with Gasteiger partial charge in [0.25, 0.3) is 11.5 Å². The molecule has 0 aliphatic carbocycles. The standard InChI is InChI=1S/C21H24N4O2S/c1-13-15(3)28-20-17(13)19(26)22-18(23-20)14(2)24-9-11-25(12-10-24)21(27)16-7-5-4-6-8-16/h4-8,14H,9-12H2,1-3H3,(H,22,23,26)/t14-/m0/s1. The Bertz CT molecular complexity index is 1070. The summed E-state index contributed by atoms with van der Waals surface area (Å²) in [5.41, 5.74) is 1.68. The van der Waals surface area contributed by atoms with E-state index >= 15 is 0 Å². The van der Waals surface area contributed by atoms with Crippen LogP contribution in [0, 0.1) is 13.8 Å². The first-order chi connectivity index (χ1) is 13.5. The maximum atomic E-state index is 12.6. The molecule has 3 aromatic rings. The molecule has 1 aliphatic rings. The average Bonchev–Trinajstić information content (AvgIpc) is 3.01. The summed E-state index contributed by atoms with van der Waals surface area (Å²) in [5, 5.41) is 0.705. The lowest BCUT2D eigenvalue weighted by molar-refractivity contribution is 0.0575. The molecular weight excluding hydrogens is 372 g/mol. The second-order valence-electron chi connectivity index (χ2n) is 7.28. The highest BCUT2D eigenvalue weighted by atomic mass is 32.1. The van der Waals surface area contributed by atoms with Crippen LogP contribution in [0.15, 0.2) is 35.1 Å². The number of H-pyrrole nitrogens is 1. The van der Waals surface area contributed by atoms with E-state index in [0.717, 1.165) is 33.9 Å². The number of benzene rings is 1. The number of hydrogen-bond acceptors (Lipinski definition) is 5. The highest BCUT2D eigenvalue weighted by Gasteiger charge is 2.27. The lowest BCUT2D eigenvalue weighted by Gasteiger charge is -2.37. The number of amides is 1. The second kappa shape index (κ2) is 7.48. The highest BCUT2D eigenvalue weighted by Crippen LogP contribution is 2.27. The summed E-state index contributed by atoms with van der Waals surface area (Å²) < 4.78 is 0. The minimum Gasteiger partial charge on any atom is -0.336 e. The van der Waals surface area contributed by atoms with Gasteiger partial charge in [-0.3, -0.25) is 14.5 Å².